The molecular weight excluding hydrogens is 405 g/mol. The van der Waals surface area contributed by atoms with Crippen LogP contribution in [0.4, 0.5) is 13.2 Å². The van der Waals surface area contributed by atoms with Crippen molar-refractivity contribution in [3.05, 3.63) is 11.7 Å². The molecule has 4 aliphatic carbocycles. The highest BCUT2D eigenvalue weighted by molar-refractivity contribution is 5.91. The number of nitrogens with one attached hydrogen (secondary N) is 1. The van der Waals surface area contributed by atoms with Crippen LogP contribution < -0.4 is 5.32 Å². The average molecular weight is 439 g/mol. The maximum Gasteiger partial charge on any atom is 0.269 e. The molecule has 0 bridgehead atoms. The van der Waals surface area contributed by atoms with Crippen molar-refractivity contribution >= 4 is 11.5 Å². The molecule has 5 aliphatic rings. The first-order valence-electron chi connectivity index (χ1n) is 11.9. The van der Waals surface area contributed by atoms with E-state index in [1.165, 1.54) is 0 Å². The van der Waals surface area contributed by atoms with E-state index in [2.05, 4.69) is 17.4 Å². The third-order valence-electron chi connectivity index (χ3n) is 9.64. The first-order chi connectivity index (χ1) is 14.7. The van der Waals surface area contributed by atoms with E-state index in [-0.39, 0.29) is 53.0 Å². The van der Waals surface area contributed by atoms with Crippen LogP contribution in [0.15, 0.2) is 16.8 Å². The van der Waals surface area contributed by atoms with E-state index in [1.807, 2.05) is 6.92 Å². The second-order valence-corrected chi connectivity index (χ2v) is 11.0. The molecule has 8 unspecified atom stereocenters. The summed E-state index contributed by atoms with van der Waals surface area (Å²) in [7, 11) is 0. The van der Waals surface area contributed by atoms with Crippen molar-refractivity contribution in [1.29, 1.82) is 0 Å². The number of fused-ring (bicyclic) bond motifs is 5. The Balaban J connectivity index is 1.42. The summed E-state index contributed by atoms with van der Waals surface area (Å²) >= 11 is 0. The van der Waals surface area contributed by atoms with Crippen LogP contribution in [-0.4, -0.2) is 36.9 Å². The molecule has 0 spiro atoms. The zero-order chi connectivity index (χ0) is 22.0. The second-order valence-electron chi connectivity index (χ2n) is 11.0. The van der Waals surface area contributed by atoms with Crippen LogP contribution in [0.5, 0.6) is 0 Å². The Labute approximate surface area is 182 Å². The molecule has 5 rings (SSSR count). The Morgan fingerprint density at radius 1 is 1.16 bits per heavy atom. The molecule has 1 aliphatic heterocycles. The smallest absolute Gasteiger partial charge is 0.269 e. The van der Waals surface area contributed by atoms with E-state index < -0.39 is 17.7 Å². The van der Waals surface area contributed by atoms with Crippen LogP contribution in [0, 0.1) is 34.5 Å². The summed E-state index contributed by atoms with van der Waals surface area (Å²) in [5.41, 5.74) is 0.282. The number of nitrogens with zero attached hydrogens (tertiary/aromatic N) is 1. The van der Waals surface area contributed by atoms with E-state index in [1.54, 1.807) is 0 Å². The van der Waals surface area contributed by atoms with Crippen molar-refractivity contribution in [3.63, 3.8) is 0 Å². The largest absolute Gasteiger partial charge is 0.391 e. The van der Waals surface area contributed by atoms with Crippen molar-refractivity contribution in [2.45, 2.75) is 77.5 Å². The van der Waals surface area contributed by atoms with E-state index in [0.717, 1.165) is 44.5 Å². The number of oxime groups is 1. The summed E-state index contributed by atoms with van der Waals surface area (Å²) in [4.78, 5) is 18.3. The molecule has 0 amide bonds. The standard InChI is InChI=1S/C24H33F3N2O2/c1-23-6-3-14(29-31-15-5-8-28-12-15)9-13(23)10-16(22(26)27)20-17(23)4-7-24(2)18(20)11-19(25)21(24)30/h13,15,17-20,28H,3-12H2,1-2H3/b29-14+. The molecule has 1 N–H and O–H groups in total. The fourth-order valence-electron chi connectivity index (χ4n) is 7.71. The monoisotopic (exact) mass is 438 g/mol. The molecule has 0 radical (unpaired) electrons. The van der Waals surface area contributed by atoms with Gasteiger partial charge < -0.3 is 10.2 Å². The Morgan fingerprint density at radius 2 is 1.97 bits per heavy atom. The summed E-state index contributed by atoms with van der Waals surface area (Å²) in [6.07, 6.45) is 2.06. The van der Waals surface area contributed by atoms with Gasteiger partial charge in [0.25, 0.3) is 6.08 Å². The molecule has 4 nitrogen and oxygen atoms in total. The summed E-state index contributed by atoms with van der Waals surface area (Å²) in [5.74, 6) is -0.894. The first kappa shape index (κ1) is 21.5. The third-order valence-corrected chi connectivity index (χ3v) is 9.64. The first-order valence-corrected chi connectivity index (χ1v) is 11.9. The normalized spacial score (nSPS) is 48.4. The maximum absolute atomic E-state index is 14.5. The highest BCUT2D eigenvalue weighted by atomic mass is 19.3. The van der Waals surface area contributed by atoms with Gasteiger partial charge in [-0.25, -0.2) is 4.39 Å². The lowest BCUT2D eigenvalue weighted by atomic mass is 9.44. The molecule has 5 fully saturated rings. The predicted octanol–water partition coefficient (Wildman–Crippen LogP) is 5.04. The van der Waals surface area contributed by atoms with Gasteiger partial charge in [0.15, 0.2) is 12.0 Å². The van der Waals surface area contributed by atoms with Gasteiger partial charge in [-0.1, -0.05) is 19.0 Å². The molecule has 7 heteroatoms. The van der Waals surface area contributed by atoms with E-state index in [9.17, 15) is 18.0 Å². The predicted molar refractivity (Wildman–Crippen MR) is 111 cm³/mol. The molecule has 0 aromatic rings. The highest BCUT2D eigenvalue weighted by Crippen LogP contribution is 2.67. The molecule has 1 heterocycles. The maximum atomic E-state index is 14.5. The lowest BCUT2D eigenvalue weighted by Gasteiger charge is -2.59. The molecule has 0 aromatic carbocycles. The van der Waals surface area contributed by atoms with Crippen molar-refractivity contribution < 1.29 is 22.8 Å². The Morgan fingerprint density at radius 3 is 2.68 bits per heavy atom. The van der Waals surface area contributed by atoms with E-state index in [0.29, 0.717) is 19.3 Å². The minimum atomic E-state index is -1.62. The number of hydrogen-bond donors (Lipinski definition) is 1. The summed E-state index contributed by atoms with van der Waals surface area (Å²) in [5, 5.41) is 7.68. The zero-order valence-electron chi connectivity index (χ0n) is 18.4. The highest BCUT2D eigenvalue weighted by Gasteiger charge is 2.64. The van der Waals surface area contributed by atoms with Crippen molar-refractivity contribution in [3.8, 4) is 0 Å². The lowest BCUT2D eigenvalue weighted by Crippen LogP contribution is -2.54. The SMILES string of the molecule is CC12CCC3C(C(=C(F)F)CC4C/C(=N/OC5CCNC5)CCC43C)C1CC(F)C2=O. The number of ketones is 1. The topological polar surface area (TPSA) is 50.7 Å². The van der Waals surface area contributed by atoms with Gasteiger partial charge in [-0.05, 0) is 86.2 Å². The summed E-state index contributed by atoms with van der Waals surface area (Å²) in [6, 6.07) is 0. The number of alkyl halides is 1. The van der Waals surface area contributed by atoms with Gasteiger partial charge in [0.2, 0.25) is 0 Å². The Kier molecular flexibility index (Phi) is 5.26. The van der Waals surface area contributed by atoms with Gasteiger partial charge in [0, 0.05) is 18.4 Å². The van der Waals surface area contributed by atoms with Crippen molar-refractivity contribution in [2.24, 2.45) is 39.7 Å². The van der Waals surface area contributed by atoms with Gasteiger partial charge in [0.05, 0.1) is 5.71 Å². The van der Waals surface area contributed by atoms with Gasteiger partial charge in [-0.15, -0.1) is 0 Å². The number of Topliss-reactive ketones (excluding diaryl/α,β-unsaturated/α-hetero) is 1. The molecule has 172 valence electrons. The van der Waals surface area contributed by atoms with Gasteiger partial charge in [0.1, 0.15) is 6.10 Å². The van der Waals surface area contributed by atoms with E-state index >= 15 is 0 Å². The summed E-state index contributed by atoms with van der Waals surface area (Å²) < 4.78 is 42.9. The molecular formula is C24H33F3N2O2. The molecule has 31 heavy (non-hydrogen) atoms. The molecule has 4 saturated carbocycles. The fraction of sp³-hybridized carbons (Fsp3) is 0.833. The number of allylic oxidation sites excluding steroid dienone is 1. The van der Waals surface area contributed by atoms with Crippen molar-refractivity contribution in [2.75, 3.05) is 13.1 Å². The summed E-state index contributed by atoms with van der Waals surface area (Å²) in [6.45, 7) is 5.80. The Bertz CT molecular complexity index is 820. The molecule has 0 aromatic heterocycles. The van der Waals surface area contributed by atoms with Crippen LogP contribution in [0.3, 0.4) is 0 Å². The van der Waals surface area contributed by atoms with Crippen molar-refractivity contribution in [1.82, 2.24) is 5.32 Å². The number of carbonyl (C=O) groups is 1. The quantitative estimate of drug-likeness (QED) is 0.615. The second kappa shape index (κ2) is 7.60. The minimum absolute atomic E-state index is 0.0698. The van der Waals surface area contributed by atoms with Crippen LogP contribution in [0.25, 0.3) is 0 Å². The van der Waals surface area contributed by atoms with Gasteiger partial charge in [-0.3, -0.25) is 4.79 Å². The minimum Gasteiger partial charge on any atom is -0.391 e. The van der Waals surface area contributed by atoms with Crippen LogP contribution in [-0.2, 0) is 9.63 Å². The molecule has 1 saturated heterocycles. The van der Waals surface area contributed by atoms with E-state index in [4.69, 9.17) is 4.84 Å². The van der Waals surface area contributed by atoms with Crippen LogP contribution >= 0.6 is 0 Å². The third kappa shape index (κ3) is 3.28. The van der Waals surface area contributed by atoms with Crippen LogP contribution in [0.2, 0.25) is 0 Å². The molecule has 8 atom stereocenters. The average Bonchev–Trinajstić information content (AvgIpc) is 3.33. The number of carbonyl (C=O) groups excluding carboxylic acids is 1. The fourth-order valence-corrected chi connectivity index (χ4v) is 7.71. The number of halogens is 3. The van der Waals surface area contributed by atoms with Gasteiger partial charge >= 0.3 is 0 Å². The Hall–Kier alpha value is -1.37. The zero-order valence-corrected chi connectivity index (χ0v) is 18.4. The number of hydrogen-bond acceptors (Lipinski definition) is 4. The van der Waals surface area contributed by atoms with Gasteiger partial charge in [-0.2, -0.15) is 8.78 Å². The number of rotatable bonds is 2. The lowest BCUT2D eigenvalue weighted by molar-refractivity contribution is -0.136. The van der Waals surface area contributed by atoms with Crippen LogP contribution in [0.1, 0.15) is 65.2 Å².